The zero-order valence-corrected chi connectivity index (χ0v) is 13.4. The second kappa shape index (κ2) is 6.85. The maximum absolute atomic E-state index is 12.5. The minimum atomic E-state index is -0.295. The van der Waals surface area contributed by atoms with Crippen molar-refractivity contribution in [3.05, 3.63) is 16.1 Å². The maximum Gasteiger partial charge on any atom is 0.253 e. The Kier molecular flexibility index (Phi) is 4.87. The van der Waals surface area contributed by atoms with E-state index >= 15 is 0 Å². The van der Waals surface area contributed by atoms with Gasteiger partial charge in [-0.3, -0.25) is 9.69 Å². The lowest BCUT2D eigenvalue weighted by Crippen LogP contribution is -2.51. The largest absolute Gasteiger partial charge is 0.366 e. The molecule has 2 fully saturated rings. The van der Waals surface area contributed by atoms with Gasteiger partial charge < -0.3 is 9.64 Å². The fraction of sp³-hybridized carbons (Fsp3) is 0.733. The number of carbonyl (C=O) groups is 1. The molecule has 0 aromatic carbocycles. The number of thiazole rings is 1. The molecule has 0 spiro atoms. The molecule has 2 saturated heterocycles. The summed E-state index contributed by atoms with van der Waals surface area (Å²) in [6.07, 6.45) is 3.20. The van der Waals surface area contributed by atoms with E-state index in [1.165, 1.54) is 6.42 Å². The van der Waals surface area contributed by atoms with E-state index in [1.54, 1.807) is 11.3 Å². The molecule has 1 aromatic heterocycles. The van der Waals surface area contributed by atoms with E-state index in [0.717, 1.165) is 49.7 Å². The molecule has 5 nitrogen and oxygen atoms in total. The maximum atomic E-state index is 12.5. The number of likely N-dealkylation sites (tertiary alicyclic amines) is 1. The predicted octanol–water partition coefficient (Wildman–Crippen LogP) is 1.66. The van der Waals surface area contributed by atoms with Gasteiger partial charge in [-0.05, 0) is 26.2 Å². The number of rotatable bonds is 3. The van der Waals surface area contributed by atoms with Gasteiger partial charge in [0.1, 0.15) is 6.10 Å². The lowest BCUT2D eigenvalue weighted by Gasteiger charge is -2.36. The van der Waals surface area contributed by atoms with Crippen LogP contribution in [0.2, 0.25) is 0 Å². The second-order valence-corrected chi connectivity index (χ2v) is 6.90. The van der Waals surface area contributed by atoms with Gasteiger partial charge in [-0.15, -0.1) is 11.3 Å². The third-order valence-corrected chi connectivity index (χ3v) is 4.97. The Morgan fingerprint density at radius 1 is 1.38 bits per heavy atom. The smallest absolute Gasteiger partial charge is 0.253 e. The lowest BCUT2D eigenvalue weighted by atomic mass is 10.1. The monoisotopic (exact) mass is 309 g/mol. The molecule has 0 radical (unpaired) electrons. The van der Waals surface area contributed by atoms with Gasteiger partial charge in [0.15, 0.2) is 0 Å². The van der Waals surface area contributed by atoms with Crippen molar-refractivity contribution in [2.75, 3.05) is 32.8 Å². The lowest BCUT2D eigenvalue weighted by molar-refractivity contribution is -0.150. The fourth-order valence-corrected chi connectivity index (χ4v) is 3.63. The molecule has 116 valence electrons. The van der Waals surface area contributed by atoms with Crippen LogP contribution in [0.25, 0.3) is 0 Å². The molecule has 1 atom stereocenters. The molecule has 0 aliphatic carbocycles. The van der Waals surface area contributed by atoms with Crippen molar-refractivity contribution >= 4 is 17.2 Å². The van der Waals surface area contributed by atoms with Crippen molar-refractivity contribution in [2.45, 2.75) is 38.8 Å². The minimum absolute atomic E-state index is 0.175. The number of nitrogens with zero attached hydrogens (tertiary/aromatic N) is 3. The molecule has 0 saturated carbocycles. The summed E-state index contributed by atoms with van der Waals surface area (Å²) in [5.74, 6) is 0.175. The van der Waals surface area contributed by atoms with Crippen LogP contribution in [0.4, 0.5) is 0 Å². The highest BCUT2D eigenvalue weighted by Crippen LogP contribution is 2.16. The molecule has 2 aliphatic heterocycles. The van der Waals surface area contributed by atoms with Gasteiger partial charge in [-0.25, -0.2) is 4.98 Å². The molecule has 3 heterocycles. The number of piperidine rings is 1. The number of hydrogen-bond donors (Lipinski definition) is 0. The first-order valence-corrected chi connectivity index (χ1v) is 8.64. The van der Waals surface area contributed by atoms with E-state index in [4.69, 9.17) is 4.74 Å². The van der Waals surface area contributed by atoms with Gasteiger partial charge >= 0.3 is 0 Å². The van der Waals surface area contributed by atoms with Crippen molar-refractivity contribution in [1.29, 1.82) is 0 Å². The first-order valence-electron chi connectivity index (χ1n) is 7.76. The minimum Gasteiger partial charge on any atom is -0.366 e. The number of hydrogen-bond acceptors (Lipinski definition) is 5. The average Bonchev–Trinajstić information content (AvgIpc) is 2.93. The topological polar surface area (TPSA) is 45.7 Å². The van der Waals surface area contributed by atoms with Crippen LogP contribution in [-0.4, -0.2) is 59.6 Å². The summed E-state index contributed by atoms with van der Waals surface area (Å²) in [5, 5.41) is 3.20. The summed E-state index contributed by atoms with van der Waals surface area (Å²) in [4.78, 5) is 21.3. The number of aromatic nitrogens is 1. The highest BCUT2D eigenvalue weighted by molar-refractivity contribution is 7.09. The summed E-state index contributed by atoms with van der Waals surface area (Å²) in [5.41, 5.74) is 1.10. The van der Waals surface area contributed by atoms with Gasteiger partial charge in [0.05, 0.1) is 17.3 Å². The molecule has 6 heteroatoms. The highest BCUT2D eigenvalue weighted by Gasteiger charge is 2.30. The summed E-state index contributed by atoms with van der Waals surface area (Å²) >= 11 is 1.68. The average molecular weight is 309 g/mol. The van der Waals surface area contributed by atoms with E-state index in [0.29, 0.717) is 13.2 Å². The van der Waals surface area contributed by atoms with Gasteiger partial charge in [0.2, 0.25) is 0 Å². The summed E-state index contributed by atoms with van der Waals surface area (Å²) in [6.45, 7) is 6.82. The number of morpholine rings is 1. The summed E-state index contributed by atoms with van der Waals surface area (Å²) < 4.78 is 5.72. The van der Waals surface area contributed by atoms with Crippen LogP contribution >= 0.6 is 11.3 Å². The zero-order valence-electron chi connectivity index (χ0n) is 12.6. The van der Waals surface area contributed by atoms with Crippen LogP contribution < -0.4 is 0 Å². The Balaban J connectivity index is 1.56. The van der Waals surface area contributed by atoms with Gasteiger partial charge in [-0.2, -0.15) is 0 Å². The highest BCUT2D eigenvalue weighted by atomic mass is 32.1. The van der Waals surface area contributed by atoms with Crippen LogP contribution in [0.5, 0.6) is 0 Å². The Hall–Kier alpha value is -0.980. The normalized spacial score (nSPS) is 24.2. The number of aryl methyl sites for hydroxylation is 1. The Morgan fingerprint density at radius 3 is 2.90 bits per heavy atom. The quantitative estimate of drug-likeness (QED) is 0.852. The molecular formula is C15H23N3O2S. The molecule has 1 aromatic rings. The van der Waals surface area contributed by atoms with E-state index in [1.807, 2.05) is 11.8 Å². The van der Waals surface area contributed by atoms with Crippen molar-refractivity contribution in [2.24, 2.45) is 0 Å². The van der Waals surface area contributed by atoms with Crippen LogP contribution in [0.3, 0.4) is 0 Å². The molecule has 1 unspecified atom stereocenters. The van der Waals surface area contributed by atoms with Crippen molar-refractivity contribution < 1.29 is 9.53 Å². The molecule has 21 heavy (non-hydrogen) atoms. The Morgan fingerprint density at radius 2 is 2.19 bits per heavy atom. The van der Waals surface area contributed by atoms with Crippen LogP contribution in [-0.2, 0) is 16.1 Å². The SMILES string of the molecule is Cc1nc(CN2CCOC(C(=O)N3CCCCC3)C2)cs1. The third kappa shape index (κ3) is 3.81. The molecule has 2 aliphatic rings. The molecule has 1 amide bonds. The molecule has 3 rings (SSSR count). The Bertz CT molecular complexity index is 485. The number of amides is 1. The van der Waals surface area contributed by atoms with Crippen LogP contribution in [0, 0.1) is 6.92 Å². The van der Waals surface area contributed by atoms with E-state index < -0.39 is 0 Å². The first-order chi connectivity index (χ1) is 10.2. The fourth-order valence-electron chi connectivity index (χ4n) is 3.02. The summed E-state index contributed by atoms with van der Waals surface area (Å²) in [6, 6.07) is 0. The molecule has 0 N–H and O–H groups in total. The van der Waals surface area contributed by atoms with Crippen molar-refractivity contribution in [3.63, 3.8) is 0 Å². The summed E-state index contributed by atoms with van der Waals surface area (Å²) in [7, 11) is 0. The number of carbonyl (C=O) groups excluding carboxylic acids is 1. The standard InChI is InChI=1S/C15H23N3O2S/c1-12-16-13(11-21-12)9-17-7-8-20-14(10-17)15(19)18-5-3-2-4-6-18/h11,14H,2-10H2,1H3. The molecule has 0 bridgehead atoms. The second-order valence-electron chi connectivity index (χ2n) is 5.84. The van der Waals surface area contributed by atoms with Gasteiger partial charge in [-0.1, -0.05) is 0 Å². The number of ether oxygens (including phenoxy) is 1. The third-order valence-electron chi connectivity index (χ3n) is 4.15. The van der Waals surface area contributed by atoms with E-state index in [9.17, 15) is 4.79 Å². The van der Waals surface area contributed by atoms with Gasteiger partial charge in [0, 0.05) is 38.1 Å². The molecular weight excluding hydrogens is 286 g/mol. The Labute approximate surface area is 129 Å². The zero-order chi connectivity index (χ0) is 14.7. The first kappa shape index (κ1) is 14.9. The van der Waals surface area contributed by atoms with E-state index in [2.05, 4.69) is 15.3 Å². The predicted molar refractivity (Wildman–Crippen MR) is 82.3 cm³/mol. The van der Waals surface area contributed by atoms with Gasteiger partial charge in [0.25, 0.3) is 5.91 Å². The van der Waals surface area contributed by atoms with Crippen molar-refractivity contribution in [3.8, 4) is 0 Å². The van der Waals surface area contributed by atoms with Crippen LogP contribution in [0.1, 0.15) is 30.0 Å². The van der Waals surface area contributed by atoms with Crippen molar-refractivity contribution in [1.82, 2.24) is 14.8 Å². The van der Waals surface area contributed by atoms with Crippen LogP contribution in [0.15, 0.2) is 5.38 Å². The van der Waals surface area contributed by atoms with E-state index in [-0.39, 0.29) is 12.0 Å².